The summed E-state index contributed by atoms with van der Waals surface area (Å²) >= 11 is 1.83. The molecule has 0 unspecified atom stereocenters. The van der Waals surface area contributed by atoms with Crippen molar-refractivity contribution in [1.82, 2.24) is 4.98 Å². The molecule has 0 bridgehead atoms. The summed E-state index contributed by atoms with van der Waals surface area (Å²) in [6, 6.07) is 29.5. The number of benzene rings is 3. The van der Waals surface area contributed by atoms with Crippen molar-refractivity contribution in [1.29, 1.82) is 5.26 Å². The lowest BCUT2D eigenvalue weighted by molar-refractivity contribution is 1.26. The van der Waals surface area contributed by atoms with Crippen LogP contribution in [-0.4, -0.2) is 4.98 Å². The van der Waals surface area contributed by atoms with E-state index in [0.29, 0.717) is 5.69 Å². The Morgan fingerprint density at radius 1 is 0.667 bits per heavy atom. The van der Waals surface area contributed by atoms with Gasteiger partial charge in [-0.2, -0.15) is 5.26 Å². The van der Waals surface area contributed by atoms with Gasteiger partial charge in [0.1, 0.15) is 11.8 Å². The molecule has 0 atom stereocenters. The first-order chi connectivity index (χ1) is 13.3. The lowest BCUT2D eigenvalue weighted by atomic mass is 9.98. The van der Waals surface area contributed by atoms with Crippen LogP contribution in [0.1, 0.15) is 5.69 Å². The standard InChI is InChI=1S/C24H14N2S/c25-15-20-13-19(10-11-26-20)17-5-3-4-16(12-17)18-8-9-24-22(14-18)21-6-1-2-7-23(21)27-24/h1-14H. The third kappa shape index (κ3) is 2.77. The van der Waals surface area contributed by atoms with Gasteiger partial charge in [-0.25, -0.2) is 4.98 Å². The summed E-state index contributed by atoms with van der Waals surface area (Å²) in [5, 5.41) is 11.7. The van der Waals surface area contributed by atoms with Gasteiger partial charge in [-0.05, 0) is 58.7 Å². The molecule has 0 aliphatic carbocycles. The van der Waals surface area contributed by atoms with E-state index in [2.05, 4.69) is 77.8 Å². The van der Waals surface area contributed by atoms with E-state index >= 15 is 0 Å². The number of hydrogen-bond acceptors (Lipinski definition) is 3. The van der Waals surface area contributed by atoms with E-state index < -0.39 is 0 Å². The van der Waals surface area contributed by atoms with Crippen molar-refractivity contribution in [3.05, 3.63) is 90.8 Å². The Hall–Kier alpha value is -3.48. The van der Waals surface area contributed by atoms with E-state index in [4.69, 9.17) is 5.26 Å². The molecule has 5 rings (SSSR count). The first-order valence-corrected chi connectivity index (χ1v) is 9.52. The highest BCUT2D eigenvalue weighted by molar-refractivity contribution is 7.25. The molecular formula is C24H14N2S. The highest BCUT2D eigenvalue weighted by Gasteiger charge is 2.08. The summed E-state index contributed by atoms with van der Waals surface area (Å²) in [5.74, 6) is 0. The van der Waals surface area contributed by atoms with Crippen LogP contribution >= 0.6 is 11.3 Å². The molecule has 0 radical (unpaired) electrons. The Balaban J connectivity index is 1.64. The quantitative estimate of drug-likeness (QED) is 0.352. The smallest absolute Gasteiger partial charge is 0.141 e. The van der Waals surface area contributed by atoms with Crippen LogP contribution in [0.3, 0.4) is 0 Å². The third-order valence-corrected chi connectivity index (χ3v) is 5.93. The van der Waals surface area contributed by atoms with Crippen LogP contribution in [0.2, 0.25) is 0 Å². The molecule has 0 saturated carbocycles. The minimum Gasteiger partial charge on any atom is -0.246 e. The molecule has 0 spiro atoms. The van der Waals surface area contributed by atoms with Gasteiger partial charge >= 0.3 is 0 Å². The van der Waals surface area contributed by atoms with E-state index in [1.807, 2.05) is 23.5 Å². The lowest BCUT2D eigenvalue weighted by Gasteiger charge is -2.07. The summed E-state index contributed by atoms with van der Waals surface area (Å²) in [6.07, 6.45) is 1.68. The van der Waals surface area contributed by atoms with Gasteiger partial charge in [0.2, 0.25) is 0 Å². The fraction of sp³-hybridized carbons (Fsp3) is 0. The Morgan fingerprint density at radius 3 is 2.26 bits per heavy atom. The van der Waals surface area contributed by atoms with Crippen LogP contribution < -0.4 is 0 Å². The molecule has 3 aromatic carbocycles. The van der Waals surface area contributed by atoms with Crippen molar-refractivity contribution in [3.63, 3.8) is 0 Å². The minimum absolute atomic E-state index is 0.434. The first kappa shape index (κ1) is 15.7. The van der Waals surface area contributed by atoms with E-state index in [-0.39, 0.29) is 0 Å². The molecular weight excluding hydrogens is 348 g/mol. The van der Waals surface area contributed by atoms with Crippen LogP contribution in [0.5, 0.6) is 0 Å². The highest BCUT2D eigenvalue weighted by Crippen LogP contribution is 2.36. The number of aromatic nitrogens is 1. The highest BCUT2D eigenvalue weighted by atomic mass is 32.1. The van der Waals surface area contributed by atoms with Gasteiger partial charge in [0.05, 0.1) is 0 Å². The van der Waals surface area contributed by atoms with E-state index in [1.165, 1.54) is 31.3 Å². The van der Waals surface area contributed by atoms with Crippen molar-refractivity contribution in [2.45, 2.75) is 0 Å². The maximum absolute atomic E-state index is 9.10. The molecule has 0 aliphatic heterocycles. The molecule has 0 fully saturated rings. The molecule has 2 aromatic heterocycles. The maximum Gasteiger partial charge on any atom is 0.141 e. The summed E-state index contributed by atoms with van der Waals surface area (Å²) in [6.45, 7) is 0. The molecule has 126 valence electrons. The molecule has 0 N–H and O–H groups in total. The predicted octanol–water partition coefficient (Wildman–Crippen LogP) is 6.66. The van der Waals surface area contributed by atoms with Crippen molar-refractivity contribution < 1.29 is 0 Å². The van der Waals surface area contributed by atoms with Crippen LogP contribution in [-0.2, 0) is 0 Å². The molecule has 3 heteroatoms. The SMILES string of the molecule is N#Cc1cc(-c2cccc(-c3ccc4sc5ccccc5c4c3)c2)ccn1. The van der Waals surface area contributed by atoms with Crippen molar-refractivity contribution >= 4 is 31.5 Å². The van der Waals surface area contributed by atoms with Crippen LogP contribution in [0.15, 0.2) is 85.1 Å². The zero-order valence-corrected chi connectivity index (χ0v) is 15.2. The van der Waals surface area contributed by atoms with Crippen LogP contribution in [0.25, 0.3) is 42.4 Å². The Labute approximate surface area is 161 Å². The lowest BCUT2D eigenvalue weighted by Crippen LogP contribution is -1.85. The Bertz CT molecular complexity index is 1340. The van der Waals surface area contributed by atoms with Gasteiger partial charge in [0.15, 0.2) is 0 Å². The maximum atomic E-state index is 9.10. The number of nitriles is 1. The zero-order chi connectivity index (χ0) is 18.2. The van der Waals surface area contributed by atoms with E-state index in [0.717, 1.165) is 11.1 Å². The minimum atomic E-state index is 0.434. The second-order valence-electron chi connectivity index (χ2n) is 6.43. The number of fused-ring (bicyclic) bond motifs is 3. The third-order valence-electron chi connectivity index (χ3n) is 4.78. The predicted molar refractivity (Wildman–Crippen MR) is 113 cm³/mol. The van der Waals surface area contributed by atoms with Crippen molar-refractivity contribution in [2.24, 2.45) is 0 Å². The molecule has 2 nitrogen and oxygen atoms in total. The zero-order valence-electron chi connectivity index (χ0n) is 14.4. The average molecular weight is 362 g/mol. The summed E-state index contributed by atoms with van der Waals surface area (Å²) in [5.41, 5.74) is 4.89. The van der Waals surface area contributed by atoms with E-state index in [9.17, 15) is 0 Å². The van der Waals surface area contributed by atoms with Gasteiger partial charge in [-0.3, -0.25) is 0 Å². The number of thiophene rings is 1. The molecule has 0 saturated heterocycles. The molecule has 0 aliphatic rings. The largest absolute Gasteiger partial charge is 0.246 e. The Kier molecular flexibility index (Phi) is 3.71. The van der Waals surface area contributed by atoms with E-state index in [1.54, 1.807) is 6.20 Å². The van der Waals surface area contributed by atoms with Gasteiger partial charge in [0, 0.05) is 26.4 Å². The second kappa shape index (κ2) is 6.35. The molecule has 27 heavy (non-hydrogen) atoms. The molecule has 0 amide bonds. The van der Waals surface area contributed by atoms with Crippen molar-refractivity contribution in [2.75, 3.05) is 0 Å². The number of hydrogen-bond donors (Lipinski definition) is 0. The normalized spacial score (nSPS) is 10.9. The summed E-state index contributed by atoms with van der Waals surface area (Å²) < 4.78 is 2.63. The van der Waals surface area contributed by atoms with Gasteiger partial charge in [0.25, 0.3) is 0 Å². The Morgan fingerprint density at radius 2 is 1.41 bits per heavy atom. The van der Waals surface area contributed by atoms with Gasteiger partial charge < -0.3 is 0 Å². The number of rotatable bonds is 2. The topological polar surface area (TPSA) is 36.7 Å². The fourth-order valence-electron chi connectivity index (χ4n) is 3.46. The monoisotopic (exact) mass is 362 g/mol. The summed E-state index contributed by atoms with van der Waals surface area (Å²) in [4.78, 5) is 4.06. The van der Waals surface area contributed by atoms with Crippen molar-refractivity contribution in [3.8, 4) is 28.3 Å². The number of nitrogens with zero attached hydrogens (tertiary/aromatic N) is 2. The van der Waals surface area contributed by atoms with Crippen LogP contribution in [0.4, 0.5) is 0 Å². The second-order valence-corrected chi connectivity index (χ2v) is 7.52. The van der Waals surface area contributed by atoms with Crippen LogP contribution in [0, 0.1) is 11.3 Å². The summed E-state index contributed by atoms with van der Waals surface area (Å²) in [7, 11) is 0. The first-order valence-electron chi connectivity index (χ1n) is 8.70. The van der Waals surface area contributed by atoms with Gasteiger partial charge in [-0.15, -0.1) is 11.3 Å². The fourth-order valence-corrected chi connectivity index (χ4v) is 4.54. The van der Waals surface area contributed by atoms with Gasteiger partial charge in [-0.1, -0.05) is 42.5 Å². The molecule has 2 heterocycles. The number of pyridine rings is 1. The average Bonchev–Trinajstić information content (AvgIpc) is 3.12. The molecule has 5 aromatic rings.